The SMILES string of the molecule is O=C(O)c1ccc(Sc2nnc3n2CCCCC3)cc1Br. The molecule has 0 spiro atoms. The zero-order valence-corrected chi connectivity index (χ0v) is 13.7. The van der Waals surface area contributed by atoms with Gasteiger partial charge >= 0.3 is 5.97 Å². The average Bonchev–Trinajstić information content (AvgIpc) is 2.68. The summed E-state index contributed by atoms with van der Waals surface area (Å²) in [5.74, 6) is 0.117. The van der Waals surface area contributed by atoms with Crippen LogP contribution in [0.25, 0.3) is 0 Å². The Morgan fingerprint density at radius 3 is 2.90 bits per heavy atom. The van der Waals surface area contributed by atoms with E-state index in [2.05, 4.69) is 30.7 Å². The smallest absolute Gasteiger partial charge is 0.336 e. The zero-order valence-electron chi connectivity index (χ0n) is 11.3. The van der Waals surface area contributed by atoms with Gasteiger partial charge in [-0.2, -0.15) is 0 Å². The maximum absolute atomic E-state index is 11.0. The molecule has 0 aliphatic carbocycles. The molecule has 2 aromatic rings. The summed E-state index contributed by atoms with van der Waals surface area (Å²) >= 11 is 4.82. The quantitative estimate of drug-likeness (QED) is 0.896. The lowest BCUT2D eigenvalue weighted by atomic mass is 10.2. The third-order valence-electron chi connectivity index (χ3n) is 3.46. The van der Waals surface area contributed by atoms with Crippen LogP contribution in [0.1, 0.15) is 35.4 Å². The summed E-state index contributed by atoms with van der Waals surface area (Å²) in [6, 6.07) is 5.22. The number of rotatable bonds is 3. The maximum atomic E-state index is 11.0. The number of fused-ring (bicyclic) bond motifs is 1. The monoisotopic (exact) mass is 367 g/mol. The summed E-state index contributed by atoms with van der Waals surface area (Å²) in [6.45, 7) is 0.957. The van der Waals surface area contributed by atoms with Crippen LogP contribution in [-0.4, -0.2) is 25.8 Å². The first kappa shape index (κ1) is 14.6. The Balaban J connectivity index is 1.86. The number of halogens is 1. The first-order valence-electron chi connectivity index (χ1n) is 6.78. The fourth-order valence-electron chi connectivity index (χ4n) is 2.37. The molecule has 0 atom stereocenters. The second-order valence-electron chi connectivity index (χ2n) is 4.91. The minimum Gasteiger partial charge on any atom is -0.478 e. The third kappa shape index (κ3) is 3.13. The van der Waals surface area contributed by atoms with Gasteiger partial charge in [-0.15, -0.1) is 10.2 Å². The number of aromatic nitrogens is 3. The van der Waals surface area contributed by atoms with Crippen LogP contribution >= 0.6 is 27.7 Å². The molecule has 21 heavy (non-hydrogen) atoms. The van der Waals surface area contributed by atoms with E-state index in [4.69, 9.17) is 5.11 Å². The summed E-state index contributed by atoms with van der Waals surface area (Å²) in [5.41, 5.74) is 0.263. The molecular weight excluding hydrogens is 354 g/mol. The summed E-state index contributed by atoms with van der Waals surface area (Å²) in [5, 5.41) is 18.4. The van der Waals surface area contributed by atoms with Gasteiger partial charge in [-0.3, -0.25) is 0 Å². The number of carbonyl (C=O) groups is 1. The number of nitrogens with zero attached hydrogens (tertiary/aromatic N) is 3. The molecule has 1 aromatic carbocycles. The Hall–Kier alpha value is -1.34. The van der Waals surface area contributed by atoms with Gasteiger partial charge in [0.05, 0.1) is 5.56 Å². The van der Waals surface area contributed by atoms with Gasteiger partial charge in [-0.25, -0.2) is 4.79 Å². The molecule has 3 rings (SSSR count). The van der Waals surface area contributed by atoms with E-state index in [0.29, 0.717) is 4.47 Å². The van der Waals surface area contributed by atoms with E-state index in [9.17, 15) is 4.79 Å². The minimum absolute atomic E-state index is 0.263. The molecule has 0 amide bonds. The number of carboxylic acids is 1. The van der Waals surface area contributed by atoms with Crippen molar-refractivity contribution < 1.29 is 9.90 Å². The third-order valence-corrected chi connectivity index (χ3v) is 5.09. The van der Waals surface area contributed by atoms with Crippen molar-refractivity contribution in [3.63, 3.8) is 0 Å². The van der Waals surface area contributed by atoms with Gasteiger partial charge in [0.15, 0.2) is 5.16 Å². The predicted octanol–water partition coefficient (Wildman–Crippen LogP) is 3.62. The van der Waals surface area contributed by atoms with Crippen molar-refractivity contribution in [3.8, 4) is 0 Å². The fourth-order valence-corrected chi connectivity index (χ4v) is 3.98. The molecule has 1 N–H and O–H groups in total. The number of carboxylic acid groups (broad SMARTS) is 1. The second kappa shape index (κ2) is 6.19. The number of aromatic carboxylic acids is 1. The molecular formula is C14H14BrN3O2S. The summed E-state index contributed by atoms with van der Waals surface area (Å²) < 4.78 is 2.76. The van der Waals surface area contributed by atoms with Crippen molar-refractivity contribution in [1.29, 1.82) is 0 Å². The lowest BCUT2D eigenvalue weighted by Gasteiger charge is -2.07. The highest BCUT2D eigenvalue weighted by Gasteiger charge is 2.16. The van der Waals surface area contributed by atoms with Crippen molar-refractivity contribution in [2.75, 3.05) is 0 Å². The van der Waals surface area contributed by atoms with Crippen LogP contribution in [0.2, 0.25) is 0 Å². The summed E-state index contributed by atoms with van der Waals surface area (Å²) in [7, 11) is 0. The number of hydrogen-bond acceptors (Lipinski definition) is 4. The molecule has 0 saturated heterocycles. The Kier molecular flexibility index (Phi) is 4.30. The van der Waals surface area contributed by atoms with Gasteiger partial charge in [-0.05, 0) is 58.7 Å². The van der Waals surface area contributed by atoms with E-state index >= 15 is 0 Å². The van der Waals surface area contributed by atoms with E-state index in [-0.39, 0.29) is 5.56 Å². The standard InChI is InChI=1S/C14H14BrN3O2S/c15-11-8-9(5-6-10(11)13(19)20)21-14-17-16-12-4-2-1-3-7-18(12)14/h5-6,8H,1-4,7H2,(H,19,20). The van der Waals surface area contributed by atoms with Crippen LogP contribution in [-0.2, 0) is 13.0 Å². The van der Waals surface area contributed by atoms with Gasteiger partial charge in [-0.1, -0.05) is 6.42 Å². The van der Waals surface area contributed by atoms with Crippen LogP contribution in [0.3, 0.4) is 0 Å². The number of hydrogen-bond donors (Lipinski definition) is 1. The lowest BCUT2D eigenvalue weighted by molar-refractivity contribution is 0.0696. The number of aryl methyl sites for hydroxylation is 1. The Morgan fingerprint density at radius 2 is 2.14 bits per heavy atom. The molecule has 0 bridgehead atoms. The van der Waals surface area contributed by atoms with Crippen LogP contribution in [0, 0.1) is 0 Å². The summed E-state index contributed by atoms with van der Waals surface area (Å²) in [4.78, 5) is 12.0. The molecule has 0 radical (unpaired) electrons. The van der Waals surface area contributed by atoms with Crippen LogP contribution < -0.4 is 0 Å². The second-order valence-corrected chi connectivity index (χ2v) is 6.80. The van der Waals surface area contributed by atoms with Crippen molar-refractivity contribution >= 4 is 33.7 Å². The molecule has 1 aliphatic rings. The van der Waals surface area contributed by atoms with Crippen molar-refractivity contribution in [1.82, 2.24) is 14.8 Å². The Labute approximate surface area is 134 Å². The first-order valence-corrected chi connectivity index (χ1v) is 8.39. The normalized spacial score (nSPS) is 14.5. The zero-order chi connectivity index (χ0) is 14.8. The number of benzene rings is 1. The summed E-state index contributed by atoms with van der Waals surface area (Å²) in [6.07, 6.45) is 4.53. The van der Waals surface area contributed by atoms with Crippen LogP contribution in [0.4, 0.5) is 0 Å². The molecule has 0 unspecified atom stereocenters. The van der Waals surface area contributed by atoms with Gasteiger partial charge in [0, 0.05) is 22.3 Å². The fraction of sp³-hybridized carbons (Fsp3) is 0.357. The first-order chi connectivity index (χ1) is 10.1. The largest absolute Gasteiger partial charge is 0.478 e. The maximum Gasteiger partial charge on any atom is 0.336 e. The average molecular weight is 368 g/mol. The van der Waals surface area contributed by atoms with Gasteiger partial charge in [0.1, 0.15) is 5.82 Å². The van der Waals surface area contributed by atoms with E-state index in [1.807, 2.05) is 6.07 Å². The van der Waals surface area contributed by atoms with Gasteiger partial charge in [0.25, 0.3) is 0 Å². The molecule has 0 fully saturated rings. The van der Waals surface area contributed by atoms with Gasteiger partial charge in [0.2, 0.25) is 0 Å². The molecule has 1 aromatic heterocycles. The molecule has 0 saturated carbocycles. The van der Waals surface area contributed by atoms with E-state index in [1.165, 1.54) is 24.6 Å². The van der Waals surface area contributed by atoms with Crippen molar-refractivity contribution in [2.24, 2.45) is 0 Å². The Morgan fingerprint density at radius 1 is 1.29 bits per heavy atom. The van der Waals surface area contributed by atoms with E-state index < -0.39 is 5.97 Å². The van der Waals surface area contributed by atoms with Crippen molar-refractivity contribution in [3.05, 3.63) is 34.1 Å². The molecule has 5 nitrogen and oxygen atoms in total. The van der Waals surface area contributed by atoms with Crippen LogP contribution in [0.15, 0.2) is 32.7 Å². The topological polar surface area (TPSA) is 68.0 Å². The molecule has 7 heteroatoms. The molecule has 2 heterocycles. The van der Waals surface area contributed by atoms with Crippen LogP contribution in [0.5, 0.6) is 0 Å². The minimum atomic E-state index is -0.935. The van der Waals surface area contributed by atoms with Gasteiger partial charge < -0.3 is 9.67 Å². The highest BCUT2D eigenvalue weighted by Crippen LogP contribution is 2.31. The highest BCUT2D eigenvalue weighted by molar-refractivity contribution is 9.10. The molecule has 1 aliphatic heterocycles. The predicted molar refractivity (Wildman–Crippen MR) is 82.8 cm³/mol. The Bertz CT molecular complexity index is 687. The van der Waals surface area contributed by atoms with Crippen molar-refractivity contribution in [2.45, 2.75) is 42.3 Å². The van der Waals surface area contributed by atoms with E-state index in [0.717, 1.165) is 35.3 Å². The lowest BCUT2D eigenvalue weighted by Crippen LogP contribution is -2.02. The molecule has 110 valence electrons. The highest BCUT2D eigenvalue weighted by atomic mass is 79.9. The van der Waals surface area contributed by atoms with E-state index in [1.54, 1.807) is 12.1 Å².